The molecule has 0 fully saturated rings. The second kappa shape index (κ2) is 7.36. The van der Waals surface area contributed by atoms with Crippen LogP contribution in [0.4, 0.5) is 4.39 Å². The van der Waals surface area contributed by atoms with E-state index in [9.17, 15) is 9.18 Å². The lowest BCUT2D eigenvalue weighted by molar-refractivity contribution is -0.118. The van der Waals surface area contributed by atoms with Crippen LogP contribution in [0, 0.1) is 5.82 Å². The van der Waals surface area contributed by atoms with E-state index in [-0.39, 0.29) is 11.7 Å². The maximum Gasteiger partial charge on any atom is 0.216 e. The van der Waals surface area contributed by atoms with E-state index in [0.29, 0.717) is 6.54 Å². The fraction of sp³-hybridized carbons (Fsp3) is 0.300. The number of amides is 1. The third-order valence-electron chi connectivity index (χ3n) is 1.51. The van der Waals surface area contributed by atoms with Crippen molar-refractivity contribution >= 4 is 21.8 Å². The van der Waals surface area contributed by atoms with Crippen molar-refractivity contribution < 1.29 is 9.18 Å². The van der Waals surface area contributed by atoms with Crippen molar-refractivity contribution in [2.24, 2.45) is 5.73 Å². The van der Waals surface area contributed by atoms with E-state index in [2.05, 4.69) is 21.2 Å². The van der Waals surface area contributed by atoms with E-state index >= 15 is 0 Å². The van der Waals surface area contributed by atoms with Crippen LogP contribution >= 0.6 is 15.9 Å². The van der Waals surface area contributed by atoms with Crippen LogP contribution in [0.25, 0.3) is 0 Å². The molecule has 0 spiro atoms. The molecule has 0 aromatic heterocycles. The van der Waals surface area contributed by atoms with E-state index in [0.717, 1.165) is 10.0 Å². The summed E-state index contributed by atoms with van der Waals surface area (Å²) in [5, 5.41) is 2.39. The monoisotopic (exact) mass is 276 g/mol. The van der Waals surface area contributed by atoms with Gasteiger partial charge in [-0.1, -0.05) is 15.9 Å². The van der Waals surface area contributed by atoms with Gasteiger partial charge in [0.05, 0.1) is 0 Å². The molecule has 0 aliphatic heterocycles. The summed E-state index contributed by atoms with van der Waals surface area (Å²) in [6.45, 7) is 1.84. The second-order valence-electron chi connectivity index (χ2n) is 2.79. The van der Waals surface area contributed by atoms with Gasteiger partial charge in [0.15, 0.2) is 0 Å². The van der Waals surface area contributed by atoms with Crippen molar-refractivity contribution in [1.82, 2.24) is 5.32 Å². The maximum absolute atomic E-state index is 12.5. The Labute approximate surface area is 97.0 Å². The van der Waals surface area contributed by atoms with Crippen LogP contribution < -0.4 is 11.1 Å². The average molecular weight is 277 g/mol. The zero-order chi connectivity index (χ0) is 11.8. The normalized spacial score (nSPS) is 8.87. The van der Waals surface area contributed by atoms with Gasteiger partial charge in [0.25, 0.3) is 0 Å². The van der Waals surface area contributed by atoms with Crippen LogP contribution in [0.3, 0.4) is 0 Å². The Bertz CT molecular complexity index is 311. The lowest BCUT2D eigenvalue weighted by Crippen LogP contribution is -2.11. The summed E-state index contributed by atoms with van der Waals surface area (Å²) >= 11 is 3.16. The van der Waals surface area contributed by atoms with Crippen LogP contribution in [0.2, 0.25) is 0 Å². The van der Waals surface area contributed by atoms with Gasteiger partial charge in [-0.2, -0.15) is 0 Å². The summed E-state index contributed by atoms with van der Waals surface area (Å²) in [5.74, 6) is -0.250. The predicted molar refractivity (Wildman–Crippen MR) is 61.7 cm³/mol. The Hall–Kier alpha value is -0.940. The number of rotatable bonds is 1. The third-order valence-corrected chi connectivity index (χ3v) is 1.97. The molecule has 15 heavy (non-hydrogen) atoms. The second-order valence-corrected chi connectivity index (χ2v) is 3.70. The Morgan fingerprint density at radius 3 is 2.40 bits per heavy atom. The predicted octanol–water partition coefficient (Wildman–Crippen LogP) is 1.80. The molecule has 1 rings (SSSR count). The fourth-order valence-electron chi connectivity index (χ4n) is 0.729. The van der Waals surface area contributed by atoms with Gasteiger partial charge in [-0.3, -0.25) is 4.79 Å². The number of halogens is 2. The lowest BCUT2D eigenvalue weighted by Gasteiger charge is -1.96. The van der Waals surface area contributed by atoms with Gasteiger partial charge in [-0.25, -0.2) is 4.39 Å². The molecule has 5 heteroatoms. The zero-order valence-corrected chi connectivity index (χ0v) is 10.3. The summed E-state index contributed by atoms with van der Waals surface area (Å²) < 4.78 is 13.3. The van der Waals surface area contributed by atoms with Crippen molar-refractivity contribution in [3.05, 3.63) is 34.1 Å². The smallest absolute Gasteiger partial charge is 0.216 e. The molecule has 0 unspecified atom stereocenters. The van der Waals surface area contributed by atoms with Crippen LogP contribution in [0.5, 0.6) is 0 Å². The first-order valence-electron chi connectivity index (χ1n) is 4.33. The molecule has 1 aromatic carbocycles. The maximum atomic E-state index is 12.5. The number of hydrogen-bond acceptors (Lipinski definition) is 2. The zero-order valence-electron chi connectivity index (χ0n) is 8.68. The first-order valence-corrected chi connectivity index (χ1v) is 5.12. The number of carbonyl (C=O) groups excluding carboxylic acids is 1. The number of nitrogens with one attached hydrogen (secondary N) is 1. The number of nitrogens with two attached hydrogens (primary N) is 1. The average Bonchev–Trinajstić information content (AvgIpc) is 2.17. The minimum atomic E-state index is -0.255. The molecule has 0 saturated carbocycles. The fourth-order valence-corrected chi connectivity index (χ4v) is 1.24. The van der Waals surface area contributed by atoms with Crippen LogP contribution in [-0.2, 0) is 11.3 Å². The molecule has 0 bridgehead atoms. The molecule has 1 aromatic rings. The van der Waals surface area contributed by atoms with E-state index in [1.54, 1.807) is 13.1 Å². The standard InChI is InChI=1S/C7H7BrFN.C3H7NO/c8-6-1-5(4-10)2-7(9)3-6;1-3(5)4-2/h1-3H,4,10H2;1-2H3,(H,4,5). The lowest BCUT2D eigenvalue weighted by atomic mass is 10.2. The highest BCUT2D eigenvalue weighted by molar-refractivity contribution is 9.10. The topological polar surface area (TPSA) is 55.1 Å². The molecule has 0 saturated heterocycles. The Morgan fingerprint density at radius 1 is 1.53 bits per heavy atom. The number of hydrogen-bond donors (Lipinski definition) is 2. The van der Waals surface area contributed by atoms with Crippen molar-refractivity contribution in [2.75, 3.05) is 7.05 Å². The van der Waals surface area contributed by atoms with E-state index in [1.807, 2.05) is 0 Å². The van der Waals surface area contributed by atoms with Crippen molar-refractivity contribution in [3.8, 4) is 0 Å². The van der Waals surface area contributed by atoms with E-state index < -0.39 is 0 Å². The molecule has 0 aliphatic carbocycles. The summed E-state index contributed by atoms with van der Waals surface area (Å²) in [4.78, 5) is 9.70. The van der Waals surface area contributed by atoms with Crippen LogP contribution in [0.15, 0.2) is 22.7 Å². The van der Waals surface area contributed by atoms with Gasteiger partial charge >= 0.3 is 0 Å². The molecule has 1 amide bonds. The highest BCUT2D eigenvalue weighted by atomic mass is 79.9. The van der Waals surface area contributed by atoms with Crippen molar-refractivity contribution in [3.63, 3.8) is 0 Å². The van der Waals surface area contributed by atoms with Gasteiger partial charge in [0.1, 0.15) is 5.82 Å². The molecule has 0 heterocycles. The largest absolute Gasteiger partial charge is 0.359 e. The SMILES string of the molecule is CNC(C)=O.NCc1cc(F)cc(Br)c1. The molecule has 0 aliphatic rings. The molecule has 84 valence electrons. The molecule has 3 N–H and O–H groups in total. The summed E-state index contributed by atoms with van der Waals surface area (Å²) in [5.41, 5.74) is 6.10. The van der Waals surface area contributed by atoms with Gasteiger partial charge in [0.2, 0.25) is 5.91 Å². The van der Waals surface area contributed by atoms with E-state index in [1.165, 1.54) is 19.1 Å². The summed E-state index contributed by atoms with van der Waals surface area (Å²) in [7, 11) is 1.60. The number of benzene rings is 1. The first-order chi connectivity index (χ1) is 6.99. The molecule has 0 atom stereocenters. The van der Waals surface area contributed by atoms with Crippen molar-refractivity contribution in [2.45, 2.75) is 13.5 Å². The Morgan fingerprint density at radius 2 is 2.07 bits per heavy atom. The first kappa shape index (κ1) is 14.1. The van der Waals surface area contributed by atoms with Gasteiger partial charge in [0, 0.05) is 25.0 Å². The highest BCUT2D eigenvalue weighted by Gasteiger charge is 1.95. The van der Waals surface area contributed by atoms with Gasteiger partial charge < -0.3 is 11.1 Å². The van der Waals surface area contributed by atoms with Crippen LogP contribution in [-0.4, -0.2) is 13.0 Å². The van der Waals surface area contributed by atoms with Crippen molar-refractivity contribution in [1.29, 1.82) is 0 Å². The molecular weight excluding hydrogens is 263 g/mol. The number of carbonyl (C=O) groups is 1. The Kier molecular flexibility index (Phi) is 6.90. The molecule has 3 nitrogen and oxygen atoms in total. The Balaban J connectivity index is 0.000000336. The van der Waals surface area contributed by atoms with Gasteiger partial charge in [-0.05, 0) is 23.8 Å². The molecular formula is C10H14BrFN2O. The minimum Gasteiger partial charge on any atom is -0.359 e. The minimum absolute atomic E-state index is 0.00463. The molecule has 0 radical (unpaired) electrons. The highest BCUT2D eigenvalue weighted by Crippen LogP contribution is 2.13. The van der Waals surface area contributed by atoms with Crippen LogP contribution in [0.1, 0.15) is 12.5 Å². The summed E-state index contributed by atoms with van der Waals surface area (Å²) in [6, 6.07) is 4.62. The summed E-state index contributed by atoms with van der Waals surface area (Å²) in [6.07, 6.45) is 0. The van der Waals surface area contributed by atoms with Gasteiger partial charge in [-0.15, -0.1) is 0 Å². The quantitative estimate of drug-likeness (QED) is 0.822. The van der Waals surface area contributed by atoms with E-state index in [4.69, 9.17) is 5.73 Å². The third kappa shape index (κ3) is 7.04.